The molecule has 0 bridgehead atoms. The second-order valence-electron chi connectivity index (χ2n) is 9.16. The van der Waals surface area contributed by atoms with E-state index < -0.39 is 6.04 Å². The largest absolute Gasteiger partial charge is 0.484 e. The number of rotatable bonds is 12. The van der Waals surface area contributed by atoms with Crippen molar-refractivity contribution in [3.8, 4) is 5.75 Å². The molecule has 0 aliphatic rings. The molecule has 5 nitrogen and oxygen atoms in total. The SMILES string of the molecule is CCCCNC(=O)C(Cc1ccccc1)N(Cc1cccc(Cl)c1)C(=O)COc1cc(C)c(Br)c(C)c1. The summed E-state index contributed by atoms with van der Waals surface area (Å²) in [6.45, 7) is 6.65. The molecule has 3 aromatic carbocycles. The smallest absolute Gasteiger partial charge is 0.261 e. The number of benzene rings is 3. The van der Waals surface area contributed by atoms with Gasteiger partial charge in [0.2, 0.25) is 5.91 Å². The minimum Gasteiger partial charge on any atom is -0.484 e. The van der Waals surface area contributed by atoms with Crippen molar-refractivity contribution in [1.29, 1.82) is 0 Å². The van der Waals surface area contributed by atoms with Gasteiger partial charge in [-0.05, 0) is 66.8 Å². The van der Waals surface area contributed by atoms with Gasteiger partial charge in [-0.25, -0.2) is 0 Å². The first-order chi connectivity index (χ1) is 17.8. The number of hydrogen-bond donors (Lipinski definition) is 1. The summed E-state index contributed by atoms with van der Waals surface area (Å²) in [5.74, 6) is 0.161. The highest BCUT2D eigenvalue weighted by Gasteiger charge is 2.30. The number of aryl methyl sites for hydroxylation is 2. The van der Waals surface area contributed by atoms with Crippen LogP contribution in [0.5, 0.6) is 5.75 Å². The lowest BCUT2D eigenvalue weighted by Gasteiger charge is -2.31. The van der Waals surface area contributed by atoms with Gasteiger partial charge in [-0.3, -0.25) is 9.59 Å². The summed E-state index contributed by atoms with van der Waals surface area (Å²) in [5.41, 5.74) is 3.86. The molecule has 196 valence electrons. The average Bonchev–Trinajstić information content (AvgIpc) is 2.88. The lowest BCUT2D eigenvalue weighted by atomic mass is 10.0. The first kappa shape index (κ1) is 28.7. The summed E-state index contributed by atoms with van der Waals surface area (Å²) in [6.07, 6.45) is 2.23. The molecule has 0 aliphatic heterocycles. The topological polar surface area (TPSA) is 58.6 Å². The van der Waals surface area contributed by atoms with E-state index in [1.165, 1.54) is 0 Å². The average molecular weight is 586 g/mol. The number of hydrogen-bond acceptors (Lipinski definition) is 3. The molecule has 2 amide bonds. The minimum atomic E-state index is -0.706. The third-order valence-electron chi connectivity index (χ3n) is 6.11. The number of ether oxygens (including phenoxy) is 1. The lowest BCUT2D eigenvalue weighted by Crippen LogP contribution is -2.51. The van der Waals surface area contributed by atoms with Crippen molar-refractivity contribution in [3.05, 3.63) is 98.5 Å². The van der Waals surface area contributed by atoms with Crippen LogP contribution < -0.4 is 10.1 Å². The lowest BCUT2D eigenvalue weighted by molar-refractivity contribution is -0.142. The quantitative estimate of drug-likeness (QED) is 0.242. The summed E-state index contributed by atoms with van der Waals surface area (Å²) >= 11 is 9.80. The minimum absolute atomic E-state index is 0.178. The fourth-order valence-corrected chi connectivity index (χ4v) is 4.55. The van der Waals surface area contributed by atoms with Crippen LogP contribution in [0.25, 0.3) is 0 Å². The van der Waals surface area contributed by atoms with Crippen LogP contribution >= 0.6 is 27.5 Å². The molecule has 0 saturated heterocycles. The standard InChI is InChI=1S/C30H34BrClN2O3/c1-4-5-14-33-30(36)27(18-23-10-7-6-8-11-23)34(19-24-12-9-13-25(32)17-24)28(35)20-37-26-15-21(2)29(31)22(3)16-26/h6-13,15-17,27H,4-5,14,18-20H2,1-3H3,(H,33,36). The Morgan fingerprint density at radius 2 is 1.68 bits per heavy atom. The summed E-state index contributed by atoms with van der Waals surface area (Å²) in [6, 6.07) is 20.2. The maximum Gasteiger partial charge on any atom is 0.261 e. The van der Waals surface area contributed by atoms with Crippen molar-refractivity contribution >= 4 is 39.3 Å². The summed E-state index contributed by atoms with van der Waals surface area (Å²) < 4.78 is 6.95. The van der Waals surface area contributed by atoms with Crippen LogP contribution in [0.15, 0.2) is 71.2 Å². The molecule has 0 aliphatic carbocycles. The molecule has 0 radical (unpaired) electrons. The third kappa shape index (κ3) is 8.61. The molecule has 1 unspecified atom stereocenters. The van der Waals surface area contributed by atoms with E-state index in [1.807, 2.05) is 74.5 Å². The molecule has 0 heterocycles. The van der Waals surface area contributed by atoms with Crippen LogP contribution in [0.3, 0.4) is 0 Å². The highest BCUT2D eigenvalue weighted by Crippen LogP contribution is 2.26. The van der Waals surface area contributed by atoms with E-state index in [2.05, 4.69) is 28.2 Å². The van der Waals surface area contributed by atoms with Gasteiger partial charge in [-0.15, -0.1) is 0 Å². The van der Waals surface area contributed by atoms with Gasteiger partial charge in [0.1, 0.15) is 11.8 Å². The van der Waals surface area contributed by atoms with Crippen molar-refractivity contribution < 1.29 is 14.3 Å². The summed E-state index contributed by atoms with van der Waals surface area (Å²) in [4.78, 5) is 28.7. The fraction of sp³-hybridized carbons (Fsp3) is 0.333. The van der Waals surface area contributed by atoms with Gasteiger partial charge in [0.25, 0.3) is 5.91 Å². The number of carbonyl (C=O) groups is 2. The zero-order valence-electron chi connectivity index (χ0n) is 21.6. The summed E-state index contributed by atoms with van der Waals surface area (Å²) in [5, 5.41) is 3.60. The fourth-order valence-electron chi connectivity index (χ4n) is 4.11. The second kappa shape index (κ2) is 14.2. The van der Waals surface area contributed by atoms with Crippen molar-refractivity contribution in [3.63, 3.8) is 0 Å². The molecule has 0 fully saturated rings. The molecule has 7 heteroatoms. The number of carbonyl (C=O) groups excluding carboxylic acids is 2. The van der Waals surface area contributed by atoms with Gasteiger partial charge in [-0.2, -0.15) is 0 Å². The van der Waals surface area contributed by atoms with Gasteiger partial charge in [0.15, 0.2) is 6.61 Å². The Morgan fingerprint density at radius 1 is 1.00 bits per heavy atom. The Balaban J connectivity index is 1.90. The zero-order valence-corrected chi connectivity index (χ0v) is 23.9. The van der Waals surface area contributed by atoms with Crippen LogP contribution in [0, 0.1) is 13.8 Å². The van der Waals surface area contributed by atoms with E-state index in [9.17, 15) is 9.59 Å². The molecule has 1 N–H and O–H groups in total. The Labute approximate surface area is 233 Å². The first-order valence-electron chi connectivity index (χ1n) is 12.5. The first-order valence-corrected chi connectivity index (χ1v) is 13.7. The molecule has 0 aromatic heterocycles. The maximum absolute atomic E-state index is 13.7. The predicted molar refractivity (Wildman–Crippen MR) is 153 cm³/mol. The van der Waals surface area contributed by atoms with Crippen molar-refractivity contribution in [1.82, 2.24) is 10.2 Å². The molecular formula is C30H34BrClN2O3. The molecule has 37 heavy (non-hydrogen) atoms. The maximum atomic E-state index is 13.7. The highest BCUT2D eigenvalue weighted by molar-refractivity contribution is 9.10. The predicted octanol–water partition coefficient (Wildman–Crippen LogP) is 6.65. The van der Waals surface area contributed by atoms with E-state index >= 15 is 0 Å². The summed E-state index contributed by atoms with van der Waals surface area (Å²) in [7, 11) is 0. The number of nitrogens with zero attached hydrogens (tertiary/aromatic N) is 1. The van der Waals surface area contributed by atoms with Crippen LogP contribution in [0.2, 0.25) is 5.02 Å². The second-order valence-corrected chi connectivity index (χ2v) is 10.4. The Hall–Kier alpha value is -2.83. The molecule has 1 atom stereocenters. The van der Waals surface area contributed by atoms with E-state index in [-0.39, 0.29) is 25.0 Å². The molecule has 3 aromatic rings. The van der Waals surface area contributed by atoms with Crippen LogP contribution in [0.4, 0.5) is 0 Å². The molecule has 0 spiro atoms. The van der Waals surface area contributed by atoms with Gasteiger partial charge in [-0.1, -0.05) is 83.3 Å². The third-order valence-corrected chi connectivity index (χ3v) is 7.60. The van der Waals surface area contributed by atoms with Crippen LogP contribution in [0.1, 0.15) is 42.0 Å². The van der Waals surface area contributed by atoms with E-state index in [0.717, 1.165) is 39.6 Å². The number of halogens is 2. The molecule has 3 rings (SSSR count). The van der Waals surface area contributed by atoms with Crippen LogP contribution in [-0.2, 0) is 22.6 Å². The van der Waals surface area contributed by atoms with Crippen molar-refractivity contribution in [2.45, 2.75) is 52.6 Å². The molecule has 0 saturated carbocycles. The zero-order chi connectivity index (χ0) is 26.8. The normalized spacial score (nSPS) is 11.6. The monoisotopic (exact) mass is 584 g/mol. The van der Waals surface area contributed by atoms with Crippen molar-refractivity contribution in [2.24, 2.45) is 0 Å². The Bertz CT molecular complexity index is 1180. The van der Waals surface area contributed by atoms with Crippen molar-refractivity contribution in [2.75, 3.05) is 13.2 Å². The van der Waals surface area contributed by atoms with Crippen LogP contribution in [-0.4, -0.2) is 35.9 Å². The van der Waals surface area contributed by atoms with E-state index in [0.29, 0.717) is 23.7 Å². The van der Waals surface area contributed by atoms with Gasteiger partial charge in [0.05, 0.1) is 0 Å². The van der Waals surface area contributed by atoms with Gasteiger partial charge in [0, 0.05) is 29.0 Å². The number of unbranched alkanes of at least 4 members (excludes halogenated alkanes) is 1. The Morgan fingerprint density at radius 3 is 2.32 bits per heavy atom. The number of amides is 2. The Kier molecular flexibility index (Phi) is 11.0. The number of nitrogens with one attached hydrogen (secondary N) is 1. The van der Waals surface area contributed by atoms with E-state index in [4.69, 9.17) is 16.3 Å². The van der Waals surface area contributed by atoms with Gasteiger partial charge < -0.3 is 15.0 Å². The highest BCUT2D eigenvalue weighted by atomic mass is 79.9. The van der Waals surface area contributed by atoms with Gasteiger partial charge >= 0.3 is 0 Å². The molecular weight excluding hydrogens is 552 g/mol. The van der Waals surface area contributed by atoms with E-state index in [1.54, 1.807) is 11.0 Å².